The first-order valence-electron chi connectivity index (χ1n) is 7.99. The Bertz CT molecular complexity index is 383. The van der Waals surface area contributed by atoms with Crippen molar-refractivity contribution in [2.75, 3.05) is 0 Å². The van der Waals surface area contributed by atoms with Crippen LogP contribution in [0.15, 0.2) is 0 Å². The van der Waals surface area contributed by atoms with Gasteiger partial charge in [0.25, 0.3) is 0 Å². The summed E-state index contributed by atoms with van der Waals surface area (Å²) in [6.07, 6.45) is 9.90. The van der Waals surface area contributed by atoms with E-state index in [9.17, 15) is 0 Å². The average molecular weight is 279 g/mol. The topological polar surface area (TPSA) is 0 Å². The molecule has 5 aliphatic rings. The highest BCUT2D eigenvalue weighted by Crippen LogP contribution is 2.98. The molecule has 0 radical (unpaired) electrons. The van der Waals surface area contributed by atoms with Gasteiger partial charge in [0.1, 0.15) is 0 Å². The zero-order valence-corrected chi connectivity index (χ0v) is 15.2. The van der Waals surface area contributed by atoms with Gasteiger partial charge < -0.3 is 0 Å². The van der Waals surface area contributed by atoms with Gasteiger partial charge in [-0.2, -0.15) is 0 Å². The van der Waals surface area contributed by atoms with Crippen LogP contribution in [0.25, 0.3) is 0 Å². The molecule has 0 heterocycles. The molecule has 0 atom stereocenters. The monoisotopic (exact) mass is 278 g/mol. The van der Waals surface area contributed by atoms with E-state index < -0.39 is 16.1 Å². The summed E-state index contributed by atoms with van der Waals surface area (Å²) >= 11 is 0. The molecule has 0 unspecified atom stereocenters. The molecule has 102 valence electrons. The van der Waals surface area contributed by atoms with E-state index >= 15 is 0 Å². The summed E-state index contributed by atoms with van der Waals surface area (Å²) in [5, 5.41) is 1.70. The lowest BCUT2D eigenvalue weighted by molar-refractivity contribution is 0.209. The fourth-order valence-corrected chi connectivity index (χ4v) is 12.3. The third-order valence-corrected chi connectivity index (χ3v) is 15.7. The van der Waals surface area contributed by atoms with Crippen LogP contribution in [0.4, 0.5) is 0 Å². The van der Waals surface area contributed by atoms with E-state index in [4.69, 9.17) is 0 Å². The molecule has 0 aromatic carbocycles. The lowest BCUT2D eigenvalue weighted by Gasteiger charge is -2.59. The highest BCUT2D eigenvalue weighted by atomic mass is 28.3. The Balaban J connectivity index is 1.83. The first-order valence-corrected chi connectivity index (χ1v) is 15.0. The SMILES string of the molecule is C[Si](C)(C)C12CC34CC3(C1)CC([Si](C)(C)C)(C4)C2. The van der Waals surface area contributed by atoms with Gasteiger partial charge in [-0.05, 0) is 59.4 Å². The maximum atomic E-state index is 2.67. The molecule has 5 aliphatic carbocycles. The smallest absolute Gasteiger partial charge is 0.0506 e. The molecular weight excluding hydrogens is 248 g/mol. The molecule has 2 heteroatoms. The van der Waals surface area contributed by atoms with Crippen LogP contribution >= 0.6 is 0 Å². The predicted octanol–water partition coefficient (Wildman–Crippen LogP) is 5.51. The van der Waals surface area contributed by atoms with Gasteiger partial charge in [-0.3, -0.25) is 0 Å². The summed E-state index contributed by atoms with van der Waals surface area (Å²) in [5.74, 6) is 0. The second kappa shape index (κ2) is 2.61. The highest BCUT2D eigenvalue weighted by Gasteiger charge is 2.87. The summed E-state index contributed by atoms with van der Waals surface area (Å²) < 4.78 is 0. The molecule has 0 aromatic rings. The Kier molecular flexibility index (Phi) is 1.77. The van der Waals surface area contributed by atoms with Gasteiger partial charge >= 0.3 is 0 Å². The first kappa shape index (κ1) is 12.2. The van der Waals surface area contributed by atoms with Crippen molar-refractivity contribution in [3.63, 3.8) is 0 Å². The van der Waals surface area contributed by atoms with Crippen molar-refractivity contribution in [2.45, 2.75) is 87.9 Å². The van der Waals surface area contributed by atoms with Gasteiger partial charge in [-0.25, -0.2) is 0 Å². The summed E-state index contributed by atoms with van der Waals surface area (Å²) in [6, 6.07) is 0. The summed E-state index contributed by atoms with van der Waals surface area (Å²) in [6.45, 7) is 16.0. The van der Waals surface area contributed by atoms with Crippen LogP contribution in [-0.2, 0) is 0 Å². The predicted molar refractivity (Wildman–Crippen MR) is 84.6 cm³/mol. The van der Waals surface area contributed by atoms with E-state index in [-0.39, 0.29) is 0 Å². The zero-order valence-electron chi connectivity index (χ0n) is 13.2. The lowest BCUT2D eigenvalue weighted by atomic mass is 9.72. The number of rotatable bonds is 2. The quantitative estimate of drug-likeness (QED) is 0.584. The maximum Gasteiger partial charge on any atom is 0.0506 e. The van der Waals surface area contributed by atoms with Crippen LogP contribution < -0.4 is 0 Å². The molecule has 0 aliphatic heterocycles. The number of hydrogen-bond donors (Lipinski definition) is 0. The molecule has 0 nitrogen and oxygen atoms in total. The summed E-state index contributed by atoms with van der Waals surface area (Å²) in [7, 11) is -2.00. The van der Waals surface area contributed by atoms with Gasteiger partial charge in [0.2, 0.25) is 0 Å². The Labute approximate surface area is 115 Å². The summed E-state index contributed by atoms with van der Waals surface area (Å²) in [4.78, 5) is 0. The zero-order chi connectivity index (χ0) is 13.2. The van der Waals surface area contributed by atoms with E-state index in [1.54, 1.807) is 38.5 Å². The Hall–Kier alpha value is 0.434. The summed E-state index contributed by atoms with van der Waals surface area (Å²) in [5.41, 5.74) is 1.76. The minimum Gasteiger partial charge on any atom is -0.0691 e. The molecule has 0 saturated heterocycles. The Morgan fingerprint density at radius 2 is 0.833 bits per heavy atom. The van der Waals surface area contributed by atoms with Crippen LogP contribution in [0, 0.1) is 10.8 Å². The van der Waals surface area contributed by atoms with Crippen molar-refractivity contribution in [2.24, 2.45) is 10.8 Å². The first-order chi connectivity index (χ1) is 7.99. The third-order valence-electron chi connectivity index (χ3n) is 8.24. The minimum absolute atomic E-state index is 0.849. The van der Waals surface area contributed by atoms with Crippen molar-refractivity contribution in [1.82, 2.24) is 0 Å². The van der Waals surface area contributed by atoms with E-state index in [1.165, 1.54) is 0 Å². The minimum atomic E-state index is -1.00. The second-order valence-electron chi connectivity index (χ2n) is 10.7. The Morgan fingerprint density at radius 3 is 1.11 bits per heavy atom. The molecule has 0 aromatic heterocycles. The maximum absolute atomic E-state index is 2.67. The van der Waals surface area contributed by atoms with Crippen molar-refractivity contribution < 1.29 is 0 Å². The van der Waals surface area contributed by atoms with Gasteiger partial charge in [0, 0.05) is 0 Å². The standard InChI is InChI=1S/C16H30Si2/c1-17(2,3)15-8-13-7-14(13,9-15)11-16(10-13,12-15)18(4,5)6/h7-12H2,1-6H3. The average Bonchev–Trinajstić information content (AvgIpc) is 2.49. The molecule has 2 spiro atoms. The Morgan fingerprint density at radius 1 is 0.500 bits per heavy atom. The molecule has 5 saturated carbocycles. The van der Waals surface area contributed by atoms with Crippen LogP contribution in [0.3, 0.4) is 0 Å². The second-order valence-corrected chi connectivity index (χ2v) is 21.8. The largest absolute Gasteiger partial charge is 0.0691 e. The van der Waals surface area contributed by atoms with Gasteiger partial charge in [0.05, 0.1) is 16.1 Å². The van der Waals surface area contributed by atoms with Gasteiger partial charge in [-0.15, -0.1) is 0 Å². The third kappa shape index (κ3) is 1.04. The molecule has 0 amide bonds. The fourth-order valence-electron chi connectivity index (χ4n) is 6.93. The van der Waals surface area contributed by atoms with Gasteiger partial charge in [-0.1, -0.05) is 39.3 Å². The molecule has 4 bridgehead atoms. The lowest BCUT2D eigenvalue weighted by Crippen LogP contribution is -2.52. The van der Waals surface area contributed by atoms with Crippen molar-refractivity contribution in [1.29, 1.82) is 0 Å². The molecule has 5 fully saturated rings. The van der Waals surface area contributed by atoms with Crippen molar-refractivity contribution in [3.05, 3.63) is 0 Å². The van der Waals surface area contributed by atoms with Crippen LogP contribution in [0.5, 0.6) is 0 Å². The molecule has 18 heavy (non-hydrogen) atoms. The van der Waals surface area contributed by atoms with E-state index in [2.05, 4.69) is 39.3 Å². The normalized spacial score (nSPS) is 57.0. The number of hydrogen-bond acceptors (Lipinski definition) is 0. The van der Waals surface area contributed by atoms with E-state index in [0.717, 1.165) is 20.9 Å². The van der Waals surface area contributed by atoms with Crippen LogP contribution in [0.2, 0.25) is 49.4 Å². The highest BCUT2D eigenvalue weighted by molar-refractivity contribution is 6.81. The van der Waals surface area contributed by atoms with Crippen LogP contribution in [0.1, 0.15) is 38.5 Å². The van der Waals surface area contributed by atoms with Crippen LogP contribution in [-0.4, -0.2) is 16.1 Å². The van der Waals surface area contributed by atoms with Gasteiger partial charge in [0.15, 0.2) is 0 Å². The van der Waals surface area contributed by atoms with E-state index in [1.807, 2.05) is 0 Å². The molecule has 5 rings (SSSR count). The molecule has 0 N–H and O–H groups in total. The van der Waals surface area contributed by atoms with Crippen molar-refractivity contribution >= 4 is 16.1 Å². The van der Waals surface area contributed by atoms with Crippen molar-refractivity contribution in [3.8, 4) is 0 Å². The van der Waals surface area contributed by atoms with E-state index in [0.29, 0.717) is 0 Å². The molecular formula is C16H30Si2. The fraction of sp³-hybridized carbons (Fsp3) is 1.00.